The number of anilines is 3. The standard InChI is InChI=1S/C56H72N12O7S/c1-8-24-67-52(72)43-33-58-54(63-50(43)68(67)46-15-13-14-45(61-46)56(6,7)74)60-40-20-22-41(23-21-40)65-28-26-64(27-29-65)25-11-9-10-12-30-75-35-47(70)62-49(55(3,4)5)53(73)66-34-42(69)31-44(66)51(71)57-32-38-16-18-39(19-17-38)48-37(2)59-36-76-48/h8,13-23,33,36,42,44,49,69,74H,1,9-12,24-32,34-35H2,2-7H3,(H,57,71)(H,62,70)(H,58,60,63)/t42-,44+,49-/m1/s1. The molecule has 0 saturated carbocycles. The summed E-state index contributed by atoms with van der Waals surface area (Å²) in [4.78, 5) is 79.7. The molecule has 2 aliphatic rings. The van der Waals surface area contributed by atoms with Crippen LogP contribution >= 0.6 is 11.3 Å². The van der Waals surface area contributed by atoms with Gasteiger partial charge in [0.2, 0.25) is 23.7 Å². The zero-order valence-electron chi connectivity index (χ0n) is 44.5. The lowest BCUT2D eigenvalue weighted by Crippen LogP contribution is -2.58. The second kappa shape index (κ2) is 24.4. The predicted octanol–water partition coefficient (Wildman–Crippen LogP) is 6.07. The first-order valence-corrected chi connectivity index (χ1v) is 27.0. The number of nitrogens with zero attached hydrogens (tertiary/aromatic N) is 9. The number of benzene rings is 2. The van der Waals surface area contributed by atoms with Gasteiger partial charge in [0.15, 0.2) is 11.5 Å². The van der Waals surface area contributed by atoms with Crippen LogP contribution in [0.2, 0.25) is 0 Å². The number of piperazine rings is 1. The van der Waals surface area contributed by atoms with Crippen LogP contribution in [-0.4, -0.2) is 138 Å². The lowest BCUT2D eigenvalue weighted by atomic mass is 9.85. The summed E-state index contributed by atoms with van der Waals surface area (Å²) < 4.78 is 8.89. The number of hydrogen-bond donors (Lipinski definition) is 5. The second-order valence-corrected chi connectivity index (χ2v) is 22.1. The van der Waals surface area contributed by atoms with Crippen LogP contribution in [0.4, 0.5) is 17.3 Å². The van der Waals surface area contributed by atoms with E-state index < -0.39 is 41.0 Å². The molecule has 2 aromatic carbocycles. The largest absolute Gasteiger partial charge is 0.391 e. The first-order chi connectivity index (χ1) is 36.4. The summed E-state index contributed by atoms with van der Waals surface area (Å²) in [6.07, 6.45) is 6.30. The highest BCUT2D eigenvalue weighted by Gasteiger charge is 2.44. The van der Waals surface area contributed by atoms with E-state index in [9.17, 15) is 29.4 Å². The Morgan fingerprint density at radius 3 is 2.36 bits per heavy atom. The molecule has 3 atom stereocenters. The molecule has 2 saturated heterocycles. The number of aliphatic hydroxyl groups is 2. The summed E-state index contributed by atoms with van der Waals surface area (Å²) in [6, 6.07) is 19.6. The Balaban J connectivity index is 0.726. The van der Waals surface area contributed by atoms with Crippen molar-refractivity contribution >= 4 is 57.4 Å². The summed E-state index contributed by atoms with van der Waals surface area (Å²) in [7, 11) is 0. The van der Waals surface area contributed by atoms with Gasteiger partial charge in [-0.05, 0) is 93.1 Å². The van der Waals surface area contributed by atoms with E-state index in [1.807, 2.05) is 69.6 Å². The van der Waals surface area contributed by atoms with Gasteiger partial charge in [-0.25, -0.2) is 24.3 Å². The van der Waals surface area contributed by atoms with Crippen LogP contribution in [-0.2, 0) is 37.8 Å². The number of ether oxygens (including phenoxy) is 1. The van der Waals surface area contributed by atoms with Gasteiger partial charge in [0.25, 0.3) is 5.56 Å². The van der Waals surface area contributed by atoms with Gasteiger partial charge in [0, 0.05) is 69.9 Å². The van der Waals surface area contributed by atoms with Crippen molar-refractivity contribution in [3.05, 3.63) is 118 Å². The number of aromatic nitrogens is 6. The summed E-state index contributed by atoms with van der Waals surface area (Å²) in [5.41, 5.74) is 5.38. The van der Waals surface area contributed by atoms with Crippen LogP contribution in [0.15, 0.2) is 95.9 Å². The Kier molecular flexibility index (Phi) is 17.8. The Morgan fingerprint density at radius 1 is 0.934 bits per heavy atom. The third-order valence-electron chi connectivity index (χ3n) is 13.9. The molecule has 76 heavy (non-hydrogen) atoms. The van der Waals surface area contributed by atoms with Crippen molar-refractivity contribution < 1.29 is 29.3 Å². The van der Waals surface area contributed by atoms with Crippen LogP contribution in [0, 0.1) is 12.3 Å². The molecular weight excluding hydrogens is 985 g/mol. The van der Waals surface area contributed by atoms with E-state index in [1.165, 1.54) is 15.8 Å². The maximum Gasteiger partial charge on any atom is 0.278 e. The van der Waals surface area contributed by atoms with Crippen molar-refractivity contribution in [2.75, 3.05) is 62.7 Å². The maximum absolute atomic E-state index is 14.0. The Labute approximate surface area is 448 Å². The number of carbonyl (C=O) groups is 3. The number of allylic oxidation sites excluding steroid dienone is 1. The number of aliphatic hydroxyl groups excluding tert-OH is 1. The van der Waals surface area contributed by atoms with Crippen molar-refractivity contribution in [2.45, 2.75) is 111 Å². The average Bonchev–Trinajstić information content (AvgIpc) is 4.18. The van der Waals surface area contributed by atoms with E-state index in [1.54, 1.807) is 54.1 Å². The number of hydrogen-bond acceptors (Lipinski definition) is 15. The van der Waals surface area contributed by atoms with E-state index >= 15 is 0 Å². The number of aryl methyl sites for hydroxylation is 1. The molecule has 0 unspecified atom stereocenters. The van der Waals surface area contributed by atoms with E-state index in [4.69, 9.17) is 9.72 Å². The van der Waals surface area contributed by atoms with Gasteiger partial charge in [0.1, 0.15) is 29.7 Å². The Bertz CT molecular complexity index is 3020. The number of unbranched alkanes of at least 4 members (excludes halogenated alkanes) is 3. The Hall–Kier alpha value is -6.84. The smallest absolute Gasteiger partial charge is 0.278 e. The monoisotopic (exact) mass is 1060 g/mol. The quantitative estimate of drug-likeness (QED) is 0.0384. The Morgan fingerprint density at radius 2 is 1.67 bits per heavy atom. The summed E-state index contributed by atoms with van der Waals surface area (Å²) in [5.74, 6) is -0.410. The van der Waals surface area contributed by atoms with Crippen LogP contribution in [0.1, 0.15) is 83.7 Å². The van der Waals surface area contributed by atoms with E-state index in [-0.39, 0.29) is 44.1 Å². The highest BCUT2D eigenvalue weighted by molar-refractivity contribution is 7.13. The minimum Gasteiger partial charge on any atom is -0.391 e. The fourth-order valence-corrected chi connectivity index (χ4v) is 10.5. The average molecular weight is 1060 g/mol. The van der Waals surface area contributed by atoms with Gasteiger partial charge < -0.3 is 40.7 Å². The van der Waals surface area contributed by atoms with Crippen molar-refractivity contribution in [1.82, 2.24) is 49.7 Å². The number of rotatable bonds is 22. The normalized spacial score (nSPS) is 16.7. The number of thiazole rings is 1. The molecule has 2 fully saturated rings. The zero-order valence-corrected chi connectivity index (χ0v) is 45.3. The van der Waals surface area contributed by atoms with Crippen molar-refractivity contribution in [3.8, 4) is 16.3 Å². The number of pyridine rings is 1. The zero-order chi connectivity index (χ0) is 54.1. The molecule has 6 aromatic rings. The molecule has 5 N–H and O–H groups in total. The van der Waals surface area contributed by atoms with E-state index in [0.29, 0.717) is 35.1 Å². The van der Waals surface area contributed by atoms with E-state index in [2.05, 4.69) is 59.4 Å². The van der Waals surface area contributed by atoms with Crippen molar-refractivity contribution in [1.29, 1.82) is 0 Å². The van der Waals surface area contributed by atoms with Crippen LogP contribution in [0.25, 0.3) is 27.3 Å². The summed E-state index contributed by atoms with van der Waals surface area (Å²) in [5, 5.41) is 30.7. The molecule has 8 rings (SSSR count). The van der Waals surface area contributed by atoms with Gasteiger partial charge in [0.05, 0.1) is 34.4 Å². The lowest BCUT2D eigenvalue weighted by Gasteiger charge is -2.36. The van der Waals surface area contributed by atoms with Gasteiger partial charge in [-0.2, -0.15) is 4.98 Å². The molecule has 0 bridgehead atoms. The molecule has 20 heteroatoms. The first kappa shape index (κ1) is 55.4. The molecule has 0 spiro atoms. The maximum atomic E-state index is 14.0. The molecule has 0 radical (unpaired) electrons. The van der Waals surface area contributed by atoms with Gasteiger partial charge in [-0.15, -0.1) is 17.9 Å². The number of nitrogens with one attached hydrogen (secondary N) is 3. The lowest BCUT2D eigenvalue weighted by molar-refractivity contribution is -0.144. The highest BCUT2D eigenvalue weighted by Crippen LogP contribution is 2.29. The van der Waals surface area contributed by atoms with Gasteiger partial charge in [-0.1, -0.05) is 70.0 Å². The molecule has 19 nitrogen and oxygen atoms in total. The fourth-order valence-electron chi connectivity index (χ4n) is 9.65. The fraction of sp³-hybridized carbons (Fsp3) is 0.464. The minimum atomic E-state index is -1.18. The third-order valence-corrected chi connectivity index (χ3v) is 14.9. The van der Waals surface area contributed by atoms with Crippen LogP contribution < -0.4 is 26.4 Å². The molecular formula is C56H72N12O7S. The van der Waals surface area contributed by atoms with Gasteiger partial charge >= 0.3 is 0 Å². The molecule has 0 aliphatic carbocycles. The second-order valence-electron chi connectivity index (χ2n) is 21.3. The highest BCUT2D eigenvalue weighted by atomic mass is 32.1. The minimum absolute atomic E-state index is 0.00376. The summed E-state index contributed by atoms with van der Waals surface area (Å²) >= 11 is 1.58. The molecule has 4 aromatic heterocycles. The number of carbonyl (C=O) groups excluding carboxylic acids is 3. The molecule has 404 valence electrons. The van der Waals surface area contributed by atoms with Crippen LogP contribution in [0.5, 0.6) is 0 Å². The van der Waals surface area contributed by atoms with Crippen molar-refractivity contribution in [3.63, 3.8) is 0 Å². The number of β-amino-alcohol motifs (C(OH)–C–C–N with tert-alkyl or cyclic N) is 1. The van der Waals surface area contributed by atoms with Crippen LogP contribution in [0.3, 0.4) is 0 Å². The molecule has 3 amide bonds. The first-order valence-electron chi connectivity index (χ1n) is 26.1. The number of fused-ring (bicyclic) bond motifs is 1. The van der Waals surface area contributed by atoms with Crippen molar-refractivity contribution in [2.24, 2.45) is 5.41 Å². The molecule has 6 heterocycles. The molecule has 2 aliphatic heterocycles. The van der Waals surface area contributed by atoms with E-state index in [0.717, 1.165) is 91.5 Å². The SMILES string of the molecule is C=CCn1c(=O)c2cnc(Nc3ccc(N4CCN(CCCCCCOCC(=O)N[C@H](C(=O)N5C[C@H](O)C[C@H]5C(=O)NCc5ccc(-c6scnc6C)cc5)C(C)(C)C)CC4)cc3)nc2n1-c1cccc(C(C)(C)O)n1. The predicted molar refractivity (Wildman–Crippen MR) is 296 cm³/mol. The summed E-state index contributed by atoms with van der Waals surface area (Å²) in [6.45, 7) is 20.2. The number of amides is 3. The third kappa shape index (κ3) is 13.6. The topological polar surface area (TPSA) is 225 Å². The number of likely N-dealkylation sites (tertiary alicyclic amines) is 1. The van der Waals surface area contributed by atoms with Gasteiger partial charge in [-0.3, -0.25) is 24.1 Å².